The van der Waals surface area contributed by atoms with Crippen molar-refractivity contribution in [2.45, 2.75) is 26.2 Å². The molecule has 0 saturated carbocycles. The van der Waals surface area contributed by atoms with Crippen molar-refractivity contribution in [3.05, 3.63) is 176 Å². The number of para-hydroxylation sites is 4. The first-order valence-electron chi connectivity index (χ1n) is 18.1. The number of anilines is 4. The van der Waals surface area contributed by atoms with Gasteiger partial charge in [-0.15, -0.1) is 48.1 Å². The van der Waals surface area contributed by atoms with Gasteiger partial charge < -0.3 is 19.1 Å². The second kappa shape index (κ2) is 13.9. The van der Waals surface area contributed by atoms with Gasteiger partial charge in [0.15, 0.2) is 5.13 Å². The minimum Gasteiger partial charge on any atom is -0.509 e. The third-order valence-corrected chi connectivity index (χ3v) is 11.1. The maximum Gasteiger partial charge on any atom is 0.193 e. The summed E-state index contributed by atoms with van der Waals surface area (Å²) >= 11 is 1.68. The van der Waals surface area contributed by atoms with Gasteiger partial charge in [0.25, 0.3) is 0 Å². The predicted octanol–water partition coefficient (Wildman–Crippen LogP) is 13.2. The molecular formula is C48H35N4OPtS-3. The van der Waals surface area contributed by atoms with Crippen molar-refractivity contribution in [1.29, 1.82) is 0 Å². The molecule has 272 valence electrons. The van der Waals surface area contributed by atoms with E-state index < -0.39 is 0 Å². The zero-order valence-electron chi connectivity index (χ0n) is 30.4. The smallest absolute Gasteiger partial charge is 0.193 e. The van der Waals surface area contributed by atoms with Crippen LogP contribution in [0, 0.1) is 18.8 Å². The number of hydrogen-bond donors (Lipinski definition) is 0. The Morgan fingerprint density at radius 3 is 2.18 bits per heavy atom. The predicted molar refractivity (Wildman–Crippen MR) is 224 cm³/mol. The van der Waals surface area contributed by atoms with E-state index in [4.69, 9.17) is 9.72 Å². The summed E-state index contributed by atoms with van der Waals surface area (Å²) in [6, 6.07) is 60.0. The van der Waals surface area contributed by atoms with E-state index in [1.54, 1.807) is 11.3 Å². The second-order valence-corrected chi connectivity index (χ2v) is 15.6. The molecule has 0 fully saturated rings. The molecule has 2 aromatic heterocycles. The molecule has 7 heteroatoms. The number of fused-ring (bicyclic) bond motifs is 5. The number of nitrogens with zero attached hydrogens (tertiary/aromatic N) is 4. The summed E-state index contributed by atoms with van der Waals surface area (Å²) in [6.07, 6.45) is 0. The topological polar surface area (TPSA) is 33.5 Å². The van der Waals surface area contributed by atoms with Crippen LogP contribution >= 0.6 is 11.3 Å². The van der Waals surface area contributed by atoms with E-state index in [1.807, 2.05) is 24.3 Å². The number of benzene rings is 7. The Hall–Kier alpha value is -5.68. The van der Waals surface area contributed by atoms with E-state index in [0.29, 0.717) is 11.5 Å². The van der Waals surface area contributed by atoms with Gasteiger partial charge in [-0.3, -0.25) is 0 Å². The molecule has 7 aromatic carbocycles. The summed E-state index contributed by atoms with van der Waals surface area (Å²) in [7, 11) is 0. The van der Waals surface area contributed by atoms with Crippen molar-refractivity contribution in [3.8, 4) is 27.8 Å². The normalized spacial score (nSPS) is 12.7. The SMILES string of the molecule is CC(C)(C)c1ccc(-c2ccccc2)c(N2[CH-]N(c3[c-]c(Oc4[c-]c5c(cc4)c4ccccc4n5-c4nc5ccccc5s4)ccc3)c3ccccc32)c1.[Pt]. The largest absolute Gasteiger partial charge is 0.509 e. The van der Waals surface area contributed by atoms with E-state index in [2.05, 4.69) is 181 Å². The molecule has 1 aliphatic rings. The average molecular weight is 911 g/mol. The maximum absolute atomic E-state index is 6.57. The molecule has 3 heterocycles. The fourth-order valence-corrected chi connectivity index (χ4v) is 8.38. The number of rotatable bonds is 6. The van der Waals surface area contributed by atoms with Crippen LogP contribution in [0.15, 0.2) is 152 Å². The summed E-state index contributed by atoms with van der Waals surface area (Å²) in [6.45, 7) is 8.96. The van der Waals surface area contributed by atoms with Crippen LogP contribution in [0.25, 0.3) is 48.3 Å². The molecule has 0 N–H and O–H groups in total. The molecule has 55 heavy (non-hydrogen) atoms. The number of hydrogen-bond acceptors (Lipinski definition) is 5. The van der Waals surface area contributed by atoms with Gasteiger partial charge in [-0.2, -0.15) is 12.1 Å². The van der Waals surface area contributed by atoms with Crippen LogP contribution in [-0.4, -0.2) is 9.55 Å². The van der Waals surface area contributed by atoms with Gasteiger partial charge in [-0.05, 0) is 58.3 Å². The van der Waals surface area contributed by atoms with Crippen LogP contribution in [0.2, 0.25) is 0 Å². The standard InChI is InChI=1S/C48H35N4OS.Pt/c1-48(2,3)33-24-26-37(32-14-5-4-6-15-32)44(28-33)51-31-50(42-21-10-11-22-43(42)51)34-16-13-17-35(29-34)53-36-25-27-39-38-18-7-9-20-41(38)52(45(39)30-36)47-49-40-19-8-12-23-46(40)54-47;/h4-28,31H,1-3H3;/q-3;. The third-order valence-electron chi connectivity index (χ3n) is 10.1. The van der Waals surface area contributed by atoms with Gasteiger partial charge in [0, 0.05) is 60.7 Å². The van der Waals surface area contributed by atoms with Crippen LogP contribution in [0.5, 0.6) is 11.5 Å². The molecule has 0 atom stereocenters. The van der Waals surface area contributed by atoms with Crippen molar-refractivity contribution >= 4 is 66.1 Å². The summed E-state index contributed by atoms with van der Waals surface area (Å²) in [5.41, 5.74) is 10.8. The Morgan fingerprint density at radius 1 is 0.636 bits per heavy atom. The first-order chi connectivity index (χ1) is 26.4. The molecule has 0 bridgehead atoms. The second-order valence-electron chi connectivity index (χ2n) is 14.6. The molecule has 5 nitrogen and oxygen atoms in total. The Balaban J connectivity index is 0.00000397. The molecule has 0 spiro atoms. The fraction of sp³-hybridized carbons (Fsp3) is 0.0833. The van der Waals surface area contributed by atoms with Crippen molar-refractivity contribution in [2.24, 2.45) is 0 Å². The number of ether oxygens (including phenoxy) is 1. The molecule has 1 aliphatic heterocycles. The fourth-order valence-electron chi connectivity index (χ4n) is 7.40. The Morgan fingerprint density at radius 2 is 1.36 bits per heavy atom. The summed E-state index contributed by atoms with van der Waals surface area (Å²) in [5.74, 6) is 1.22. The molecule has 10 rings (SSSR count). The Labute approximate surface area is 339 Å². The monoisotopic (exact) mass is 910 g/mol. The third kappa shape index (κ3) is 6.20. The first kappa shape index (κ1) is 35.0. The van der Waals surface area contributed by atoms with E-state index in [9.17, 15) is 0 Å². The minimum atomic E-state index is -0.00880. The molecule has 0 saturated heterocycles. The van der Waals surface area contributed by atoms with Crippen LogP contribution in [-0.2, 0) is 26.5 Å². The van der Waals surface area contributed by atoms with Gasteiger partial charge >= 0.3 is 0 Å². The zero-order chi connectivity index (χ0) is 36.4. The Bertz CT molecular complexity index is 2820. The van der Waals surface area contributed by atoms with Crippen molar-refractivity contribution in [2.75, 3.05) is 9.80 Å². The first-order valence-corrected chi connectivity index (χ1v) is 18.9. The molecule has 0 radical (unpaired) electrons. The van der Waals surface area contributed by atoms with Gasteiger partial charge in [-0.25, -0.2) is 4.98 Å². The molecule has 0 amide bonds. The molecule has 0 aliphatic carbocycles. The van der Waals surface area contributed by atoms with Crippen molar-refractivity contribution < 1.29 is 25.8 Å². The maximum atomic E-state index is 6.57. The summed E-state index contributed by atoms with van der Waals surface area (Å²) < 4.78 is 9.91. The summed E-state index contributed by atoms with van der Waals surface area (Å²) in [4.78, 5) is 9.51. The van der Waals surface area contributed by atoms with Gasteiger partial charge in [-0.1, -0.05) is 123 Å². The van der Waals surface area contributed by atoms with Crippen LogP contribution < -0.4 is 14.5 Å². The van der Waals surface area contributed by atoms with E-state index >= 15 is 0 Å². The van der Waals surface area contributed by atoms with Crippen molar-refractivity contribution in [3.63, 3.8) is 0 Å². The van der Waals surface area contributed by atoms with E-state index in [1.165, 1.54) is 16.7 Å². The average Bonchev–Trinajstić information content (AvgIpc) is 3.89. The molecule has 0 unspecified atom stereocenters. The molecule has 9 aromatic rings. The van der Waals surface area contributed by atoms with Crippen molar-refractivity contribution in [1.82, 2.24) is 9.55 Å². The zero-order valence-corrected chi connectivity index (χ0v) is 33.5. The van der Waals surface area contributed by atoms with Crippen LogP contribution in [0.4, 0.5) is 22.7 Å². The Kier molecular flexibility index (Phi) is 8.84. The summed E-state index contributed by atoms with van der Waals surface area (Å²) in [5, 5.41) is 3.16. The van der Waals surface area contributed by atoms with E-state index in [0.717, 1.165) is 59.9 Å². The number of aromatic nitrogens is 2. The van der Waals surface area contributed by atoms with Crippen LogP contribution in [0.3, 0.4) is 0 Å². The quantitative estimate of drug-likeness (QED) is 0.156. The van der Waals surface area contributed by atoms with E-state index in [-0.39, 0.29) is 26.5 Å². The van der Waals surface area contributed by atoms with Gasteiger partial charge in [0.1, 0.15) is 0 Å². The minimum absolute atomic E-state index is 0. The van der Waals surface area contributed by atoms with Gasteiger partial charge in [0.05, 0.1) is 10.2 Å². The van der Waals surface area contributed by atoms with Crippen LogP contribution in [0.1, 0.15) is 26.3 Å². The van der Waals surface area contributed by atoms with Gasteiger partial charge in [0.2, 0.25) is 0 Å². The number of thiazole rings is 1. The molecular weight excluding hydrogens is 876 g/mol.